The highest BCUT2D eigenvalue weighted by molar-refractivity contribution is 6.10. The van der Waals surface area contributed by atoms with Crippen LogP contribution in [0, 0.1) is 0 Å². The average Bonchev–Trinajstić information content (AvgIpc) is 3.07. The molecule has 148 valence electrons. The van der Waals surface area contributed by atoms with E-state index in [-0.39, 0.29) is 18.0 Å². The summed E-state index contributed by atoms with van der Waals surface area (Å²) in [6.45, 7) is 6.97. The van der Waals surface area contributed by atoms with Crippen molar-refractivity contribution in [3.8, 4) is 0 Å². The number of hydrogen-bond acceptors (Lipinski definition) is 3. The molecule has 5 nitrogen and oxygen atoms in total. The Hall–Kier alpha value is -3.18. The normalized spacial score (nSPS) is 13.5. The van der Waals surface area contributed by atoms with Gasteiger partial charge < -0.3 is 9.88 Å². The van der Waals surface area contributed by atoms with Crippen molar-refractivity contribution in [1.82, 2.24) is 14.9 Å². The molecule has 0 bridgehead atoms. The van der Waals surface area contributed by atoms with E-state index in [9.17, 15) is 4.79 Å². The Morgan fingerprint density at radius 2 is 1.83 bits per heavy atom. The van der Waals surface area contributed by atoms with Crippen molar-refractivity contribution >= 4 is 33.4 Å². The summed E-state index contributed by atoms with van der Waals surface area (Å²) in [7, 11) is 0. The number of aryl methyl sites for hydroxylation is 1. The summed E-state index contributed by atoms with van der Waals surface area (Å²) < 4.78 is 2.30. The molecule has 4 rings (SSSR count). The molecule has 2 aromatic carbocycles. The van der Waals surface area contributed by atoms with Crippen molar-refractivity contribution in [3.05, 3.63) is 72.6 Å². The molecule has 0 aliphatic carbocycles. The number of carbonyl (C=O) groups is 1. The number of rotatable bonds is 6. The maximum Gasteiger partial charge on any atom is 0.241 e. The van der Waals surface area contributed by atoms with Gasteiger partial charge in [-0.25, -0.2) is 0 Å². The van der Waals surface area contributed by atoms with E-state index >= 15 is 0 Å². The van der Waals surface area contributed by atoms with Crippen molar-refractivity contribution in [3.63, 3.8) is 0 Å². The number of nitrogens with one attached hydrogen (secondary N) is 2. The molecule has 0 saturated heterocycles. The molecule has 2 unspecified atom stereocenters. The van der Waals surface area contributed by atoms with Gasteiger partial charge in [-0.05, 0) is 56.7 Å². The van der Waals surface area contributed by atoms with Gasteiger partial charge in [-0.2, -0.15) is 0 Å². The van der Waals surface area contributed by atoms with Gasteiger partial charge in [0, 0.05) is 52.5 Å². The first-order chi connectivity index (χ1) is 14.1. The minimum Gasteiger partial charge on any atom is -0.341 e. The molecular weight excluding hydrogens is 360 g/mol. The van der Waals surface area contributed by atoms with Crippen LogP contribution in [0.4, 0.5) is 5.69 Å². The van der Waals surface area contributed by atoms with Gasteiger partial charge in [0.05, 0.1) is 6.04 Å². The number of anilines is 1. The summed E-state index contributed by atoms with van der Waals surface area (Å²) >= 11 is 0. The highest BCUT2D eigenvalue weighted by atomic mass is 16.2. The van der Waals surface area contributed by atoms with E-state index < -0.39 is 0 Å². The minimum absolute atomic E-state index is 0.0365. The van der Waals surface area contributed by atoms with Gasteiger partial charge in [0.15, 0.2) is 0 Å². The van der Waals surface area contributed by atoms with Gasteiger partial charge in [0.25, 0.3) is 0 Å². The Morgan fingerprint density at radius 3 is 2.59 bits per heavy atom. The maximum atomic E-state index is 12.7. The molecule has 2 N–H and O–H groups in total. The summed E-state index contributed by atoms with van der Waals surface area (Å²) in [4.78, 5) is 16.9. The molecule has 0 radical (unpaired) electrons. The van der Waals surface area contributed by atoms with Crippen LogP contribution in [0.2, 0.25) is 0 Å². The second kappa shape index (κ2) is 8.05. The van der Waals surface area contributed by atoms with Gasteiger partial charge in [0.1, 0.15) is 0 Å². The Balaban J connectivity index is 1.54. The van der Waals surface area contributed by atoms with E-state index in [1.807, 2.05) is 38.2 Å². The third kappa shape index (κ3) is 3.74. The predicted octanol–water partition coefficient (Wildman–Crippen LogP) is 4.89. The first-order valence-corrected chi connectivity index (χ1v) is 10.1. The zero-order valence-corrected chi connectivity index (χ0v) is 17.0. The number of aromatic nitrogens is 2. The lowest BCUT2D eigenvalue weighted by molar-refractivity contribution is -0.117. The number of carbonyl (C=O) groups excluding carboxylic acids is 1. The number of hydrogen-bond donors (Lipinski definition) is 2. The van der Waals surface area contributed by atoms with Crippen LogP contribution in [0.5, 0.6) is 0 Å². The smallest absolute Gasteiger partial charge is 0.241 e. The first kappa shape index (κ1) is 19.2. The average molecular weight is 386 g/mol. The van der Waals surface area contributed by atoms with Crippen molar-refractivity contribution in [2.45, 2.75) is 39.4 Å². The Morgan fingerprint density at radius 1 is 1.03 bits per heavy atom. The third-order valence-corrected chi connectivity index (χ3v) is 5.43. The van der Waals surface area contributed by atoms with Crippen LogP contribution in [0.1, 0.15) is 32.4 Å². The lowest BCUT2D eigenvalue weighted by atomic mass is 10.1. The molecule has 4 aromatic rings. The second-order valence-electron chi connectivity index (χ2n) is 7.38. The molecule has 0 aliphatic heterocycles. The summed E-state index contributed by atoms with van der Waals surface area (Å²) in [5, 5.41) is 8.76. The molecule has 2 aromatic heterocycles. The lowest BCUT2D eigenvalue weighted by Crippen LogP contribution is -2.39. The van der Waals surface area contributed by atoms with E-state index in [0.29, 0.717) is 0 Å². The zero-order valence-electron chi connectivity index (χ0n) is 17.0. The number of amides is 1. The van der Waals surface area contributed by atoms with E-state index in [1.165, 1.54) is 16.4 Å². The fourth-order valence-corrected chi connectivity index (χ4v) is 3.90. The van der Waals surface area contributed by atoms with Crippen molar-refractivity contribution in [2.24, 2.45) is 0 Å². The Kier molecular flexibility index (Phi) is 5.32. The van der Waals surface area contributed by atoms with Crippen LogP contribution >= 0.6 is 0 Å². The maximum absolute atomic E-state index is 12.7. The van der Waals surface area contributed by atoms with E-state index in [1.54, 1.807) is 6.20 Å². The predicted molar refractivity (Wildman–Crippen MR) is 119 cm³/mol. The fraction of sp³-hybridized carbons (Fsp3) is 0.250. The van der Waals surface area contributed by atoms with Crippen LogP contribution in [0.25, 0.3) is 21.8 Å². The summed E-state index contributed by atoms with van der Waals surface area (Å²) in [6.07, 6.45) is 3.57. The third-order valence-electron chi connectivity index (χ3n) is 5.43. The molecule has 0 fully saturated rings. The van der Waals surface area contributed by atoms with Crippen LogP contribution < -0.4 is 10.6 Å². The second-order valence-corrected chi connectivity index (χ2v) is 7.38. The fourth-order valence-electron chi connectivity index (χ4n) is 3.90. The SMILES string of the molecule is CCn1c2ccccc2c2cc(NC(=O)C(C)NC(C)c3cccnc3)ccc21. The van der Waals surface area contributed by atoms with Crippen LogP contribution in [-0.2, 0) is 11.3 Å². The van der Waals surface area contributed by atoms with Crippen molar-refractivity contribution < 1.29 is 4.79 Å². The Bertz CT molecular complexity index is 1150. The summed E-state index contributed by atoms with van der Waals surface area (Å²) in [6, 6.07) is 18.1. The highest BCUT2D eigenvalue weighted by Crippen LogP contribution is 2.31. The quantitative estimate of drug-likeness (QED) is 0.496. The monoisotopic (exact) mass is 386 g/mol. The highest BCUT2D eigenvalue weighted by Gasteiger charge is 2.17. The lowest BCUT2D eigenvalue weighted by Gasteiger charge is -2.19. The summed E-state index contributed by atoms with van der Waals surface area (Å²) in [5.41, 5.74) is 4.27. The van der Waals surface area contributed by atoms with Crippen LogP contribution in [-0.4, -0.2) is 21.5 Å². The van der Waals surface area contributed by atoms with Gasteiger partial charge in [-0.1, -0.05) is 24.3 Å². The Labute approximate surface area is 170 Å². The molecular formula is C24H26N4O. The van der Waals surface area contributed by atoms with Gasteiger partial charge in [-0.3, -0.25) is 15.1 Å². The van der Waals surface area contributed by atoms with Gasteiger partial charge in [0.2, 0.25) is 5.91 Å². The molecule has 1 amide bonds. The molecule has 0 aliphatic rings. The number of pyridine rings is 1. The van der Waals surface area contributed by atoms with Crippen molar-refractivity contribution in [2.75, 3.05) is 5.32 Å². The van der Waals surface area contributed by atoms with Gasteiger partial charge >= 0.3 is 0 Å². The molecule has 5 heteroatoms. The van der Waals surface area contributed by atoms with Crippen LogP contribution in [0.15, 0.2) is 67.0 Å². The van der Waals surface area contributed by atoms with Crippen LogP contribution in [0.3, 0.4) is 0 Å². The molecule has 0 spiro atoms. The number of benzene rings is 2. The largest absolute Gasteiger partial charge is 0.341 e. The molecule has 2 heterocycles. The zero-order chi connectivity index (χ0) is 20.4. The molecule has 29 heavy (non-hydrogen) atoms. The van der Waals surface area contributed by atoms with E-state index in [4.69, 9.17) is 0 Å². The molecule has 0 saturated carbocycles. The standard InChI is InChI=1S/C24H26N4O/c1-4-28-22-10-6-5-9-20(22)21-14-19(11-12-23(21)28)27-24(29)17(3)26-16(2)18-8-7-13-25-15-18/h5-17,26H,4H2,1-3H3,(H,27,29). The number of fused-ring (bicyclic) bond motifs is 3. The summed E-state index contributed by atoms with van der Waals surface area (Å²) in [5.74, 6) is -0.0562. The van der Waals surface area contributed by atoms with E-state index in [2.05, 4.69) is 63.5 Å². The number of para-hydroxylation sites is 1. The first-order valence-electron chi connectivity index (χ1n) is 10.1. The van der Waals surface area contributed by atoms with Gasteiger partial charge in [-0.15, -0.1) is 0 Å². The molecule has 2 atom stereocenters. The van der Waals surface area contributed by atoms with E-state index in [0.717, 1.165) is 23.2 Å². The number of nitrogens with zero attached hydrogens (tertiary/aromatic N) is 2. The minimum atomic E-state index is -0.335. The topological polar surface area (TPSA) is 59.0 Å². The van der Waals surface area contributed by atoms with Crippen molar-refractivity contribution in [1.29, 1.82) is 0 Å².